The summed E-state index contributed by atoms with van der Waals surface area (Å²) in [5.41, 5.74) is -0.931. The number of halogens is 4. The van der Waals surface area contributed by atoms with E-state index >= 15 is 0 Å². The Kier molecular flexibility index (Phi) is 6.26. The summed E-state index contributed by atoms with van der Waals surface area (Å²) in [7, 11) is 1.19. The molecule has 0 saturated heterocycles. The number of carbonyl (C=O) groups is 1. The van der Waals surface area contributed by atoms with E-state index in [0.29, 0.717) is 0 Å². The van der Waals surface area contributed by atoms with Gasteiger partial charge in [-0.05, 0) is 17.7 Å². The molecular formula is C21H16ClF3N2O3. The first-order valence-corrected chi connectivity index (χ1v) is 9.15. The number of benzene rings is 2. The standard InChI is InChI=1S/C21H16ClF3N2O3/c1-30-17(28)10-14-12-27(11-13-6-3-2-4-7-13)19(26-20(14)29)15-8-5-9-16(18(15)22)21(23,24)25/h2-9,12H,10-11H2,1H3. The van der Waals surface area contributed by atoms with Gasteiger partial charge in [-0.3, -0.25) is 9.59 Å². The summed E-state index contributed by atoms with van der Waals surface area (Å²) in [6.07, 6.45) is -3.58. The van der Waals surface area contributed by atoms with E-state index in [1.807, 2.05) is 18.2 Å². The number of carbonyl (C=O) groups excluding carboxylic acids is 1. The van der Waals surface area contributed by atoms with Gasteiger partial charge in [-0.2, -0.15) is 18.2 Å². The minimum Gasteiger partial charge on any atom is -0.469 e. The van der Waals surface area contributed by atoms with Gasteiger partial charge in [0.2, 0.25) is 0 Å². The van der Waals surface area contributed by atoms with Crippen LogP contribution >= 0.6 is 11.6 Å². The minimum atomic E-state index is -4.66. The third-order valence-corrected chi connectivity index (χ3v) is 4.78. The number of aromatic nitrogens is 2. The Morgan fingerprint density at radius 2 is 1.83 bits per heavy atom. The van der Waals surface area contributed by atoms with Gasteiger partial charge in [0.05, 0.1) is 24.1 Å². The predicted molar refractivity (Wildman–Crippen MR) is 105 cm³/mol. The Bertz CT molecular complexity index is 1130. The van der Waals surface area contributed by atoms with Crippen LogP contribution in [-0.4, -0.2) is 22.6 Å². The lowest BCUT2D eigenvalue weighted by Gasteiger charge is -2.17. The van der Waals surface area contributed by atoms with Crippen molar-refractivity contribution in [1.82, 2.24) is 9.55 Å². The van der Waals surface area contributed by atoms with Crippen LogP contribution in [0.5, 0.6) is 0 Å². The molecule has 5 nitrogen and oxygen atoms in total. The Balaban J connectivity index is 2.20. The largest absolute Gasteiger partial charge is 0.469 e. The van der Waals surface area contributed by atoms with E-state index < -0.39 is 28.3 Å². The van der Waals surface area contributed by atoms with Crippen LogP contribution in [0.1, 0.15) is 16.7 Å². The van der Waals surface area contributed by atoms with E-state index in [2.05, 4.69) is 9.72 Å². The van der Waals surface area contributed by atoms with Crippen LogP contribution in [0.25, 0.3) is 11.4 Å². The average Bonchev–Trinajstić information content (AvgIpc) is 2.70. The maximum absolute atomic E-state index is 13.3. The molecule has 0 aliphatic rings. The molecule has 156 valence electrons. The van der Waals surface area contributed by atoms with Gasteiger partial charge in [0.1, 0.15) is 5.82 Å². The van der Waals surface area contributed by atoms with E-state index in [9.17, 15) is 22.8 Å². The van der Waals surface area contributed by atoms with E-state index in [1.165, 1.54) is 30.0 Å². The Labute approximate surface area is 174 Å². The van der Waals surface area contributed by atoms with E-state index in [1.54, 1.807) is 12.1 Å². The first-order chi connectivity index (χ1) is 14.2. The molecule has 0 fully saturated rings. The highest BCUT2D eigenvalue weighted by molar-refractivity contribution is 6.34. The highest BCUT2D eigenvalue weighted by atomic mass is 35.5. The van der Waals surface area contributed by atoms with Crippen molar-refractivity contribution in [3.05, 3.63) is 86.8 Å². The molecule has 0 atom stereocenters. The molecule has 2 aromatic carbocycles. The molecule has 0 spiro atoms. The topological polar surface area (TPSA) is 61.2 Å². The molecule has 9 heteroatoms. The van der Waals surface area contributed by atoms with E-state index in [-0.39, 0.29) is 29.9 Å². The van der Waals surface area contributed by atoms with Crippen molar-refractivity contribution in [2.24, 2.45) is 0 Å². The lowest BCUT2D eigenvalue weighted by Crippen LogP contribution is -2.23. The Morgan fingerprint density at radius 1 is 1.13 bits per heavy atom. The van der Waals surface area contributed by atoms with Gasteiger partial charge in [0.25, 0.3) is 5.56 Å². The molecule has 0 amide bonds. The van der Waals surface area contributed by atoms with Crippen LogP contribution in [-0.2, 0) is 28.7 Å². The van der Waals surface area contributed by atoms with Crippen LogP contribution in [0.4, 0.5) is 13.2 Å². The zero-order valence-corrected chi connectivity index (χ0v) is 16.5. The van der Waals surface area contributed by atoms with Crippen molar-refractivity contribution in [3.63, 3.8) is 0 Å². The summed E-state index contributed by atoms with van der Waals surface area (Å²) in [5.74, 6) is -0.668. The number of alkyl halides is 3. The van der Waals surface area contributed by atoms with Crippen molar-refractivity contribution >= 4 is 17.6 Å². The molecule has 0 saturated carbocycles. The molecule has 30 heavy (non-hydrogen) atoms. The number of hydrogen-bond acceptors (Lipinski definition) is 4. The van der Waals surface area contributed by atoms with Crippen molar-refractivity contribution in [1.29, 1.82) is 0 Å². The van der Waals surface area contributed by atoms with Crippen LogP contribution in [0.15, 0.2) is 59.5 Å². The highest BCUT2D eigenvalue weighted by Gasteiger charge is 2.34. The number of esters is 1. The molecule has 1 heterocycles. The zero-order valence-electron chi connectivity index (χ0n) is 15.7. The summed E-state index contributed by atoms with van der Waals surface area (Å²) in [5, 5.41) is -0.556. The zero-order chi connectivity index (χ0) is 21.9. The Morgan fingerprint density at radius 3 is 2.47 bits per heavy atom. The smallest absolute Gasteiger partial charge is 0.417 e. The Hall–Kier alpha value is -3.13. The summed E-state index contributed by atoms with van der Waals surface area (Å²) in [6, 6.07) is 12.5. The summed E-state index contributed by atoms with van der Waals surface area (Å²) in [6.45, 7) is 0.199. The molecule has 3 aromatic rings. The van der Waals surface area contributed by atoms with Gasteiger partial charge in [0.15, 0.2) is 0 Å². The molecule has 0 N–H and O–H groups in total. The fraction of sp³-hybridized carbons (Fsp3) is 0.190. The second kappa shape index (κ2) is 8.71. The average molecular weight is 437 g/mol. The number of methoxy groups -OCH3 is 1. The third-order valence-electron chi connectivity index (χ3n) is 4.37. The highest BCUT2D eigenvalue weighted by Crippen LogP contribution is 2.39. The van der Waals surface area contributed by atoms with Crippen LogP contribution in [0.3, 0.4) is 0 Å². The van der Waals surface area contributed by atoms with Crippen molar-refractivity contribution < 1.29 is 22.7 Å². The predicted octanol–water partition coefficient (Wildman–Crippen LogP) is 4.35. The quantitative estimate of drug-likeness (QED) is 0.558. The van der Waals surface area contributed by atoms with E-state index in [0.717, 1.165) is 11.6 Å². The van der Waals surface area contributed by atoms with Gasteiger partial charge in [-0.1, -0.05) is 48.0 Å². The normalized spacial score (nSPS) is 11.4. The maximum Gasteiger partial charge on any atom is 0.417 e. The van der Waals surface area contributed by atoms with Gasteiger partial charge < -0.3 is 9.30 Å². The van der Waals surface area contributed by atoms with Gasteiger partial charge in [-0.15, -0.1) is 0 Å². The third kappa shape index (κ3) is 4.71. The number of nitrogens with zero attached hydrogens (tertiary/aromatic N) is 2. The second-order valence-electron chi connectivity index (χ2n) is 6.43. The fourth-order valence-electron chi connectivity index (χ4n) is 2.92. The molecule has 0 aliphatic heterocycles. The molecule has 3 rings (SSSR count). The first-order valence-electron chi connectivity index (χ1n) is 8.78. The molecule has 0 unspecified atom stereocenters. The number of ether oxygens (including phenoxy) is 1. The summed E-state index contributed by atoms with van der Waals surface area (Å²) < 4.78 is 46.0. The molecule has 0 aliphatic carbocycles. The van der Waals surface area contributed by atoms with Crippen molar-refractivity contribution in [2.75, 3.05) is 7.11 Å². The fourth-order valence-corrected chi connectivity index (χ4v) is 3.24. The lowest BCUT2D eigenvalue weighted by atomic mass is 10.1. The van der Waals surface area contributed by atoms with Crippen LogP contribution < -0.4 is 5.56 Å². The van der Waals surface area contributed by atoms with Gasteiger partial charge >= 0.3 is 12.1 Å². The second-order valence-corrected chi connectivity index (χ2v) is 6.80. The van der Waals surface area contributed by atoms with Crippen molar-refractivity contribution in [2.45, 2.75) is 19.1 Å². The monoisotopic (exact) mass is 436 g/mol. The lowest BCUT2D eigenvalue weighted by molar-refractivity contribution is -0.140. The maximum atomic E-state index is 13.3. The SMILES string of the molecule is COC(=O)Cc1cn(Cc2ccccc2)c(-c2cccc(C(F)(F)F)c2Cl)nc1=O. The van der Waals surface area contributed by atoms with Gasteiger partial charge in [0, 0.05) is 23.9 Å². The summed E-state index contributed by atoms with van der Waals surface area (Å²) >= 11 is 6.05. The molecule has 0 bridgehead atoms. The molecule has 1 aromatic heterocycles. The molecular weight excluding hydrogens is 421 g/mol. The molecule has 0 radical (unpaired) electrons. The number of rotatable bonds is 5. The van der Waals surface area contributed by atoms with Crippen LogP contribution in [0, 0.1) is 0 Å². The van der Waals surface area contributed by atoms with Gasteiger partial charge in [-0.25, -0.2) is 0 Å². The van der Waals surface area contributed by atoms with E-state index in [4.69, 9.17) is 11.6 Å². The van der Waals surface area contributed by atoms with Crippen LogP contribution in [0.2, 0.25) is 5.02 Å². The van der Waals surface area contributed by atoms with Crippen molar-refractivity contribution in [3.8, 4) is 11.4 Å². The number of hydrogen-bond donors (Lipinski definition) is 0. The summed E-state index contributed by atoms with van der Waals surface area (Å²) in [4.78, 5) is 28.0. The minimum absolute atomic E-state index is 0.0337. The first kappa shape index (κ1) is 21.6.